The molecule has 0 aromatic heterocycles. The molecule has 1 aliphatic rings. The summed E-state index contributed by atoms with van der Waals surface area (Å²) >= 11 is 0. The number of benzene rings is 2. The lowest BCUT2D eigenvalue weighted by molar-refractivity contribution is -0.115. The highest BCUT2D eigenvalue weighted by Gasteiger charge is 2.26. The number of aliphatic imine (C=N–C) groups is 1. The number of nitrogens with zero attached hydrogens (tertiary/aromatic N) is 2. The summed E-state index contributed by atoms with van der Waals surface area (Å²) in [5.41, 5.74) is 4.21. The Balaban J connectivity index is 0.00000176. The maximum atomic E-state index is 12.1. The highest BCUT2D eigenvalue weighted by atomic mass is 35.5. The van der Waals surface area contributed by atoms with Crippen LogP contribution in [0.1, 0.15) is 11.1 Å². The Labute approximate surface area is 136 Å². The molecule has 0 spiro atoms. The summed E-state index contributed by atoms with van der Waals surface area (Å²) in [5, 5.41) is 3.24. The Morgan fingerprint density at radius 2 is 1.77 bits per heavy atom. The van der Waals surface area contributed by atoms with Crippen LogP contribution in [0, 0.1) is 13.8 Å². The van der Waals surface area contributed by atoms with E-state index in [0.717, 1.165) is 11.4 Å². The average molecular weight is 316 g/mol. The van der Waals surface area contributed by atoms with Crippen LogP contribution < -0.4 is 10.2 Å². The minimum Gasteiger partial charge on any atom is -0.326 e. The van der Waals surface area contributed by atoms with Gasteiger partial charge in [-0.2, -0.15) is 0 Å². The number of halogens is 1. The number of para-hydroxylation sites is 1. The van der Waals surface area contributed by atoms with Crippen molar-refractivity contribution in [1.29, 1.82) is 0 Å². The molecule has 0 saturated carbocycles. The molecule has 22 heavy (non-hydrogen) atoms. The average Bonchev–Trinajstić information content (AvgIpc) is 2.85. The largest absolute Gasteiger partial charge is 0.326 e. The van der Waals surface area contributed by atoms with Gasteiger partial charge in [-0.05, 0) is 49.2 Å². The normalized spacial score (nSPS) is 13.6. The molecule has 1 amide bonds. The third-order valence-corrected chi connectivity index (χ3v) is 3.60. The fourth-order valence-electron chi connectivity index (χ4n) is 2.29. The van der Waals surface area contributed by atoms with Gasteiger partial charge >= 0.3 is 0 Å². The molecular weight excluding hydrogens is 298 g/mol. The highest BCUT2D eigenvalue weighted by molar-refractivity contribution is 6.24. The van der Waals surface area contributed by atoms with Crippen molar-refractivity contribution in [3.8, 4) is 0 Å². The standard InChI is InChI=1S/C17H17N3O.ClH/c1-12-8-9-14(10-13(12)2)19-17-18-11-16(21)20(17)15-6-4-3-5-7-15;/h3-10H,11H2,1-2H3,(H,18,19);1H. The number of guanidine groups is 1. The van der Waals surface area contributed by atoms with Crippen molar-refractivity contribution >= 4 is 35.6 Å². The fourth-order valence-corrected chi connectivity index (χ4v) is 2.29. The Morgan fingerprint density at radius 3 is 2.45 bits per heavy atom. The summed E-state index contributed by atoms with van der Waals surface area (Å²) in [6, 6.07) is 15.7. The van der Waals surface area contributed by atoms with E-state index in [0.29, 0.717) is 5.96 Å². The number of aryl methyl sites for hydroxylation is 2. The number of rotatable bonds is 2. The van der Waals surface area contributed by atoms with Gasteiger partial charge in [0.15, 0.2) is 0 Å². The van der Waals surface area contributed by atoms with Crippen molar-refractivity contribution in [3.05, 3.63) is 59.7 Å². The molecule has 0 bridgehead atoms. The molecule has 0 radical (unpaired) electrons. The highest BCUT2D eigenvalue weighted by Crippen LogP contribution is 2.20. The van der Waals surface area contributed by atoms with Gasteiger partial charge in [-0.3, -0.25) is 4.79 Å². The van der Waals surface area contributed by atoms with Gasteiger partial charge in [0.1, 0.15) is 6.54 Å². The Bertz CT molecular complexity index is 713. The molecule has 3 rings (SSSR count). The van der Waals surface area contributed by atoms with Crippen molar-refractivity contribution in [3.63, 3.8) is 0 Å². The first kappa shape index (κ1) is 16.0. The van der Waals surface area contributed by atoms with Gasteiger partial charge in [0.2, 0.25) is 5.96 Å². The predicted octanol–water partition coefficient (Wildman–Crippen LogP) is 3.54. The monoisotopic (exact) mass is 315 g/mol. The summed E-state index contributed by atoms with van der Waals surface area (Å²) in [4.78, 5) is 18.0. The number of amides is 1. The van der Waals surface area contributed by atoms with Crippen molar-refractivity contribution in [2.75, 3.05) is 16.8 Å². The molecule has 1 N–H and O–H groups in total. The molecular formula is C17H18ClN3O. The molecule has 0 atom stereocenters. The van der Waals surface area contributed by atoms with Crippen molar-refractivity contribution < 1.29 is 4.79 Å². The number of carbonyl (C=O) groups excluding carboxylic acids is 1. The molecule has 114 valence electrons. The van der Waals surface area contributed by atoms with Gasteiger partial charge in [0, 0.05) is 5.69 Å². The minimum atomic E-state index is -0.0208. The second-order valence-electron chi connectivity index (χ2n) is 5.13. The zero-order chi connectivity index (χ0) is 14.8. The number of hydrogen-bond donors (Lipinski definition) is 1. The maximum absolute atomic E-state index is 12.1. The third kappa shape index (κ3) is 3.12. The molecule has 1 aliphatic heterocycles. The summed E-state index contributed by atoms with van der Waals surface area (Å²) < 4.78 is 0. The van der Waals surface area contributed by atoms with Crippen molar-refractivity contribution in [1.82, 2.24) is 0 Å². The summed E-state index contributed by atoms with van der Waals surface area (Å²) in [5.74, 6) is 0.557. The van der Waals surface area contributed by atoms with E-state index >= 15 is 0 Å². The Hall–Kier alpha value is -2.33. The molecule has 2 aromatic rings. The number of hydrogen-bond acceptors (Lipinski definition) is 3. The molecule has 0 saturated heterocycles. The van der Waals surface area contributed by atoms with Crippen molar-refractivity contribution in [2.24, 2.45) is 4.99 Å². The lowest BCUT2D eigenvalue weighted by Gasteiger charge is -2.19. The van der Waals surface area contributed by atoms with Crippen LogP contribution in [-0.2, 0) is 4.79 Å². The quantitative estimate of drug-likeness (QED) is 0.921. The minimum absolute atomic E-state index is 0. The molecule has 4 nitrogen and oxygen atoms in total. The van der Waals surface area contributed by atoms with Crippen LogP contribution in [0.2, 0.25) is 0 Å². The predicted molar refractivity (Wildman–Crippen MR) is 93.0 cm³/mol. The van der Waals surface area contributed by atoms with Gasteiger partial charge in [-0.25, -0.2) is 9.89 Å². The SMILES string of the molecule is Cc1ccc(NC2=NCC(=O)N2c2ccccc2)cc1C.Cl. The van der Waals surface area contributed by atoms with Crippen molar-refractivity contribution in [2.45, 2.75) is 13.8 Å². The molecule has 0 unspecified atom stereocenters. The van der Waals surface area contributed by atoms with E-state index in [9.17, 15) is 4.79 Å². The summed E-state index contributed by atoms with van der Waals surface area (Å²) in [6.45, 7) is 4.32. The summed E-state index contributed by atoms with van der Waals surface area (Å²) in [7, 11) is 0. The van der Waals surface area contributed by atoms with Crippen LogP contribution in [-0.4, -0.2) is 18.4 Å². The van der Waals surface area contributed by atoms with E-state index in [1.165, 1.54) is 11.1 Å². The van der Waals surface area contributed by atoms with Gasteiger partial charge < -0.3 is 5.32 Å². The molecule has 2 aromatic carbocycles. The Kier molecular flexibility index (Phi) is 4.83. The lowest BCUT2D eigenvalue weighted by Crippen LogP contribution is -2.36. The van der Waals surface area contributed by atoms with Gasteiger partial charge in [-0.15, -0.1) is 12.4 Å². The van der Waals surface area contributed by atoms with Crippen LogP contribution in [0.4, 0.5) is 11.4 Å². The van der Waals surface area contributed by atoms with E-state index in [-0.39, 0.29) is 24.9 Å². The van der Waals surface area contributed by atoms with E-state index < -0.39 is 0 Å². The Morgan fingerprint density at radius 1 is 1.05 bits per heavy atom. The third-order valence-electron chi connectivity index (χ3n) is 3.60. The molecule has 0 fully saturated rings. The van der Waals surface area contributed by atoms with Crippen LogP contribution in [0.5, 0.6) is 0 Å². The number of carbonyl (C=O) groups is 1. The van der Waals surface area contributed by atoms with Crippen LogP contribution >= 0.6 is 12.4 Å². The first-order valence-corrected chi connectivity index (χ1v) is 6.92. The van der Waals surface area contributed by atoms with Gasteiger partial charge in [0.05, 0.1) is 5.69 Å². The topological polar surface area (TPSA) is 44.7 Å². The van der Waals surface area contributed by atoms with E-state index in [1.54, 1.807) is 4.90 Å². The van der Waals surface area contributed by atoms with Crippen LogP contribution in [0.15, 0.2) is 53.5 Å². The van der Waals surface area contributed by atoms with Crippen LogP contribution in [0.25, 0.3) is 0 Å². The molecule has 0 aliphatic carbocycles. The van der Waals surface area contributed by atoms with Crippen LogP contribution in [0.3, 0.4) is 0 Å². The fraction of sp³-hybridized carbons (Fsp3) is 0.176. The van der Waals surface area contributed by atoms with E-state index in [4.69, 9.17) is 0 Å². The smallest absolute Gasteiger partial charge is 0.255 e. The molecule has 1 heterocycles. The van der Waals surface area contributed by atoms with Gasteiger partial charge in [0.25, 0.3) is 5.91 Å². The number of nitrogens with one attached hydrogen (secondary N) is 1. The lowest BCUT2D eigenvalue weighted by atomic mass is 10.1. The number of anilines is 2. The summed E-state index contributed by atoms with van der Waals surface area (Å²) in [6.07, 6.45) is 0. The second-order valence-corrected chi connectivity index (χ2v) is 5.13. The zero-order valence-corrected chi connectivity index (χ0v) is 13.4. The first-order valence-electron chi connectivity index (χ1n) is 6.92. The first-order chi connectivity index (χ1) is 10.1. The van der Waals surface area contributed by atoms with E-state index in [1.807, 2.05) is 36.4 Å². The maximum Gasteiger partial charge on any atom is 0.255 e. The molecule has 5 heteroatoms. The second kappa shape index (κ2) is 6.62. The zero-order valence-electron chi connectivity index (χ0n) is 12.5. The van der Waals surface area contributed by atoms with Gasteiger partial charge in [-0.1, -0.05) is 24.3 Å². The van der Waals surface area contributed by atoms with E-state index in [2.05, 4.69) is 36.3 Å².